The minimum Gasteiger partial charge on any atom is -0.495 e. The van der Waals surface area contributed by atoms with Crippen molar-refractivity contribution in [2.45, 2.75) is 52.4 Å². The molecule has 0 aromatic carbocycles. The summed E-state index contributed by atoms with van der Waals surface area (Å²) >= 11 is 0. The van der Waals surface area contributed by atoms with Crippen LogP contribution in [0.4, 0.5) is 0 Å². The van der Waals surface area contributed by atoms with E-state index in [0.29, 0.717) is 0 Å². The summed E-state index contributed by atoms with van der Waals surface area (Å²) in [5.74, 6) is 0.933. The first-order valence-corrected chi connectivity index (χ1v) is 5.72. The van der Waals surface area contributed by atoms with Gasteiger partial charge in [0, 0.05) is 17.2 Å². The van der Waals surface area contributed by atoms with Crippen LogP contribution < -0.4 is 4.74 Å². The van der Waals surface area contributed by atoms with Crippen LogP contribution in [0.15, 0.2) is 12.3 Å². The molecule has 0 aliphatic heterocycles. The number of ether oxygens (including phenoxy) is 1. The summed E-state index contributed by atoms with van der Waals surface area (Å²) in [5.41, 5.74) is 2.33. The smallest absolute Gasteiger partial charge is 0.144 e. The number of hydrogen-bond acceptors (Lipinski definition) is 2. The number of pyridine rings is 1. The summed E-state index contributed by atoms with van der Waals surface area (Å²) in [6.07, 6.45) is 1.88. The first-order chi connectivity index (χ1) is 7.18. The van der Waals surface area contributed by atoms with Crippen molar-refractivity contribution in [3.8, 4) is 5.75 Å². The Bertz CT molecular complexity index is 337. The van der Waals surface area contributed by atoms with E-state index in [0.717, 1.165) is 11.4 Å². The van der Waals surface area contributed by atoms with Gasteiger partial charge in [0.25, 0.3) is 0 Å². The average molecular weight is 221 g/mol. The van der Waals surface area contributed by atoms with Crippen molar-refractivity contribution in [3.63, 3.8) is 0 Å². The lowest BCUT2D eigenvalue weighted by Gasteiger charge is -2.27. The van der Waals surface area contributed by atoms with Gasteiger partial charge < -0.3 is 4.74 Å². The summed E-state index contributed by atoms with van der Waals surface area (Å²) in [4.78, 5) is 4.47. The van der Waals surface area contributed by atoms with Crippen molar-refractivity contribution in [3.05, 3.63) is 23.5 Å². The van der Waals surface area contributed by atoms with E-state index < -0.39 is 0 Å². The lowest BCUT2D eigenvalue weighted by atomic mass is 9.82. The first-order valence-electron chi connectivity index (χ1n) is 5.72. The Morgan fingerprint density at radius 2 is 1.56 bits per heavy atom. The molecule has 0 amide bonds. The molecule has 0 saturated carbocycles. The van der Waals surface area contributed by atoms with Gasteiger partial charge in [-0.05, 0) is 11.5 Å². The van der Waals surface area contributed by atoms with Gasteiger partial charge in [0.15, 0.2) is 0 Å². The van der Waals surface area contributed by atoms with E-state index in [4.69, 9.17) is 4.74 Å². The molecule has 0 radical (unpaired) electrons. The van der Waals surface area contributed by atoms with Crippen molar-refractivity contribution < 1.29 is 4.74 Å². The second kappa shape index (κ2) is 4.08. The fourth-order valence-electron chi connectivity index (χ4n) is 1.78. The Kier molecular flexibility index (Phi) is 3.32. The maximum atomic E-state index is 5.57. The van der Waals surface area contributed by atoms with Gasteiger partial charge in [0.05, 0.1) is 12.8 Å². The van der Waals surface area contributed by atoms with E-state index in [2.05, 4.69) is 46.5 Å². The predicted octanol–water partition coefficient (Wildman–Crippen LogP) is 3.69. The highest BCUT2D eigenvalue weighted by Crippen LogP contribution is 2.37. The lowest BCUT2D eigenvalue weighted by Crippen LogP contribution is -2.20. The summed E-state index contributed by atoms with van der Waals surface area (Å²) in [6.45, 7) is 13.0. The molecule has 1 aromatic heterocycles. The van der Waals surface area contributed by atoms with Crippen molar-refractivity contribution >= 4 is 0 Å². The van der Waals surface area contributed by atoms with Crippen molar-refractivity contribution in [2.75, 3.05) is 7.11 Å². The van der Waals surface area contributed by atoms with Crippen molar-refractivity contribution in [1.82, 2.24) is 4.98 Å². The van der Waals surface area contributed by atoms with E-state index in [9.17, 15) is 0 Å². The lowest BCUT2D eigenvalue weighted by molar-refractivity contribution is 0.376. The summed E-state index contributed by atoms with van der Waals surface area (Å²) in [5, 5.41) is 0. The van der Waals surface area contributed by atoms with Crippen LogP contribution in [0.2, 0.25) is 0 Å². The number of rotatable bonds is 1. The molecule has 2 heteroatoms. The SMILES string of the molecule is COc1c(C(C)(C)C)ccnc1C(C)(C)C. The van der Waals surface area contributed by atoms with Crippen LogP contribution in [0, 0.1) is 0 Å². The summed E-state index contributed by atoms with van der Waals surface area (Å²) in [6, 6.07) is 2.05. The Hall–Kier alpha value is -1.05. The molecule has 0 saturated heterocycles. The highest BCUT2D eigenvalue weighted by Gasteiger charge is 2.27. The van der Waals surface area contributed by atoms with Crippen LogP contribution in [0.3, 0.4) is 0 Å². The van der Waals surface area contributed by atoms with E-state index in [1.807, 2.05) is 12.3 Å². The first kappa shape index (κ1) is 13.0. The van der Waals surface area contributed by atoms with Gasteiger partial charge in [0.1, 0.15) is 5.75 Å². The molecule has 16 heavy (non-hydrogen) atoms. The standard InChI is InChI=1S/C14H23NO/c1-13(2,3)10-8-9-15-12(11(10)16-7)14(4,5)6/h8-9H,1-7H3. The molecule has 0 bridgehead atoms. The van der Waals surface area contributed by atoms with Crippen molar-refractivity contribution in [2.24, 2.45) is 0 Å². The molecule has 0 N–H and O–H groups in total. The highest BCUT2D eigenvalue weighted by molar-refractivity contribution is 5.43. The Morgan fingerprint density at radius 3 is 1.94 bits per heavy atom. The van der Waals surface area contributed by atoms with Gasteiger partial charge in [-0.25, -0.2) is 0 Å². The van der Waals surface area contributed by atoms with Crippen LogP contribution in [-0.2, 0) is 10.8 Å². The number of hydrogen-bond donors (Lipinski definition) is 0. The van der Waals surface area contributed by atoms with Crippen LogP contribution in [0.1, 0.15) is 52.8 Å². The molecular weight excluding hydrogens is 198 g/mol. The highest BCUT2D eigenvalue weighted by atomic mass is 16.5. The molecule has 0 unspecified atom stereocenters. The monoisotopic (exact) mass is 221 g/mol. The minimum atomic E-state index is 0.00655. The molecule has 1 heterocycles. The summed E-state index contributed by atoms with van der Waals surface area (Å²) in [7, 11) is 1.72. The topological polar surface area (TPSA) is 22.1 Å². The third-order valence-corrected chi connectivity index (χ3v) is 2.63. The molecule has 0 spiro atoms. The molecule has 0 fully saturated rings. The van der Waals surface area contributed by atoms with E-state index in [-0.39, 0.29) is 10.8 Å². The normalized spacial score (nSPS) is 12.7. The minimum absolute atomic E-state index is 0.00655. The average Bonchev–Trinajstić information content (AvgIpc) is 2.13. The fourth-order valence-corrected chi connectivity index (χ4v) is 1.78. The molecule has 1 aromatic rings. The fraction of sp³-hybridized carbons (Fsp3) is 0.643. The van der Waals surface area contributed by atoms with E-state index >= 15 is 0 Å². The number of methoxy groups -OCH3 is 1. The van der Waals surface area contributed by atoms with Gasteiger partial charge in [-0.3, -0.25) is 4.98 Å². The number of aromatic nitrogens is 1. The number of nitrogens with zero attached hydrogens (tertiary/aromatic N) is 1. The maximum Gasteiger partial charge on any atom is 0.144 e. The van der Waals surface area contributed by atoms with Gasteiger partial charge in [0.2, 0.25) is 0 Å². The Morgan fingerprint density at radius 1 is 1.00 bits per heavy atom. The van der Waals surface area contributed by atoms with E-state index in [1.54, 1.807) is 7.11 Å². The molecule has 90 valence electrons. The molecular formula is C14H23NO. The van der Waals surface area contributed by atoms with Crippen LogP contribution in [-0.4, -0.2) is 12.1 Å². The largest absolute Gasteiger partial charge is 0.495 e. The summed E-state index contributed by atoms with van der Waals surface area (Å²) < 4.78 is 5.57. The van der Waals surface area contributed by atoms with Gasteiger partial charge in [-0.15, -0.1) is 0 Å². The van der Waals surface area contributed by atoms with Crippen LogP contribution in [0.5, 0.6) is 5.75 Å². The van der Waals surface area contributed by atoms with E-state index in [1.165, 1.54) is 5.56 Å². The zero-order chi connectivity index (χ0) is 12.6. The molecule has 1 rings (SSSR count). The van der Waals surface area contributed by atoms with Crippen LogP contribution in [0.25, 0.3) is 0 Å². The quantitative estimate of drug-likeness (QED) is 0.721. The Labute approximate surface area is 99.0 Å². The molecule has 0 aliphatic rings. The van der Waals surface area contributed by atoms with Gasteiger partial charge >= 0.3 is 0 Å². The van der Waals surface area contributed by atoms with Gasteiger partial charge in [-0.2, -0.15) is 0 Å². The second-order valence-corrected chi connectivity index (χ2v) is 6.24. The maximum absolute atomic E-state index is 5.57. The molecule has 0 aliphatic carbocycles. The molecule has 2 nitrogen and oxygen atoms in total. The third-order valence-electron chi connectivity index (χ3n) is 2.63. The predicted molar refractivity (Wildman–Crippen MR) is 68.2 cm³/mol. The third kappa shape index (κ3) is 2.55. The van der Waals surface area contributed by atoms with Crippen molar-refractivity contribution in [1.29, 1.82) is 0 Å². The van der Waals surface area contributed by atoms with Crippen LogP contribution >= 0.6 is 0 Å². The second-order valence-electron chi connectivity index (χ2n) is 6.24. The zero-order valence-corrected chi connectivity index (χ0v) is 11.5. The van der Waals surface area contributed by atoms with Gasteiger partial charge in [-0.1, -0.05) is 41.5 Å². The molecule has 0 atom stereocenters. The zero-order valence-electron chi connectivity index (χ0n) is 11.5. The Balaban J connectivity index is 3.45.